The Morgan fingerprint density at radius 1 is 1.14 bits per heavy atom. The molecule has 22 heavy (non-hydrogen) atoms. The lowest BCUT2D eigenvalue weighted by atomic mass is 9.49. The average molecular weight is 340 g/mol. The minimum atomic E-state index is -0.236. The van der Waals surface area contributed by atoms with Crippen LogP contribution in [0.2, 0.25) is 10.2 Å². The SMILES string of the molecule is O=C(OCc1nc(Cl)ccc1Cl)C12CC3CC(CC(C3)C1)C2. The summed E-state index contributed by atoms with van der Waals surface area (Å²) in [5.74, 6) is 2.13. The van der Waals surface area contributed by atoms with Crippen molar-refractivity contribution in [1.29, 1.82) is 0 Å². The maximum Gasteiger partial charge on any atom is 0.312 e. The van der Waals surface area contributed by atoms with Gasteiger partial charge in [-0.3, -0.25) is 4.79 Å². The van der Waals surface area contributed by atoms with E-state index in [2.05, 4.69) is 4.98 Å². The van der Waals surface area contributed by atoms with Gasteiger partial charge in [0.15, 0.2) is 0 Å². The molecule has 0 atom stereocenters. The van der Waals surface area contributed by atoms with E-state index < -0.39 is 0 Å². The van der Waals surface area contributed by atoms with Crippen LogP contribution in [0.25, 0.3) is 0 Å². The summed E-state index contributed by atoms with van der Waals surface area (Å²) in [5, 5.41) is 0.855. The van der Waals surface area contributed by atoms with Crippen molar-refractivity contribution < 1.29 is 9.53 Å². The zero-order valence-electron chi connectivity index (χ0n) is 12.4. The van der Waals surface area contributed by atoms with Gasteiger partial charge in [0.05, 0.1) is 16.1 Å². The Morgan fingerprint density at radius 3 is 2.32 bits per heavy atom. The topological polar surface area (TPSA) is 39.2 Å². The van der Waals surface area contributed by atoms with E-state index in [1.165, 1.54) is 19.3 Å². The van der Waals surface area contributed by atoms with Crippen molar-refractivity contribution >= 4 is 29.2 Å². The molecular formula is C17H19Cl2NO2. The summed E-state index contributed by atoms with van der Waals surface area (Å²) in [5.41, 5.74) is 0.298. The third-order valence-corrected chi connectivity index (χ3v) is 6.25. The van der Waals surface area contributed by atoms with Crippen molar-refractivity contribution in [3.05, 3.63) is 28.0 Å². The van der Waals surface area contributed by atoms with Crippen LogP contribution >= 0.6 is 23.2 Å². The lowest BCUT2D eigenvalue weighted by molar-refractivity contribution is -0.173. The number of carbonyl (C=O) groups excluding carboxylic acids is 1. The van der Waals surface area contributed by atoms with E-state index in [-0.39, 0.29) is 18.0 Å². The lowest BCUT2D eigenvalue weighted by Gasteiger charge is -2.55. The smallest absolute Gasteiger partial charge is 0.312 e. The highest BCUT2D eigenvalue weighted by molar-refractivity contribution is 6.32. The van der Waals surface area contributed by atoms with Crippen molar-refractivity contribution in [3.63, 3.8) is 0 Å². The van der Waals surface area contributed by atoms with E-state index in [4.69, 9.17) is 27.9 Å². The number of ether oxygens (including phenoxy) is 1. The second-order valence-electron chi connectivity index (χ2n) is 7.34. The van der Waals surface area contributed by atoms with Crippen LogP contribution in [0.1, 0.15) is 44.2 Å². The molecule has 4 bridgehead atoms. The molecule has 0 spiro atoms. The van der Waals surface area contributed by atoms with Crippen LogP contribution in [0.3, 0.4) is 0 Å². The first-order valence-corrected chi connectivity index (χ1v) is 8.78. The highest BCUT2D eigenvalue weighted by Crippen LogP contribution is 2.60. The Bertz CT molecular complexity index is 581. The molecule has 118 valence electrons. The molecule has 0 unspecified atom stereocenters. The van der Waals surface area contributed by atoms with Crippen LogP contribution in [0.15, 0.2) is 12.1 Å². The largest absolute Gasteiger partial charge is 0.459 e. The van der Waals surface area contributed by atoms with Crippen LogP contribution in [0.5, 0.6) is 0 Å². The molecule has 0 aromatic carbocycles. The van der Waals surface area contributed by atoms with Crippen LogP contribution in [0.4, 0.5) is 0 Å². The van der Waals surface area contributed by atoms with Gasteiger partial charge in [-0.15, -0.1) is 0 Å². The van der Waals surface area contributed by atoms with Crippen LogP contribution in [-0.2, 0) is 16.1 Å². The Labute approximate surface area is 140 Å². The average Bonchev–Trinajstić information content (AvgIpc) is 2.46. The van der Waals surface area contributed by atoms with E-state index in [0.717, 1.165) is 37.0 Å². The summed E-state index contributed by atoms with van der Waals surface area (Å²) in [7, 11) is 0. The molecule has 4 aliphatic rings. The molecule has 5 heteroatoms. The van der Waals surface area contributed by atoms with Gasteiger partial charge in [-0.25, -0.2) is 4.98 Å². The van der Waals surface area contributed by atoms with Gasteiger partial charge < -0.3 is 4.74 Å². The Balaban J connectivity index is 1.47. The second-order valence-corrected chi connectivity index (χ2v) is 8.13. The molecule has 3 nitrogen and oxygen atoms in total. The number of carbonyl (C=O) groups is 1. The fourth-order valence-electron chi connectivity index (χ4n) is 5.21. The molecule has 1 heterocycles. The van der Waals surface area contributed by atoms with E-state index in [0.29, 0.717) is 15.9 Å². The maximum atomic E-state index is 12.7. The number of halogens is 2. The number of pyridine rings is 1. The first-order chi connectivity index (χ1) is 10.5. The van der Waals surface area contributed by atoms with Gasteiger partial charge in [-0.2, -0.15) is 0 Å². The van der Waals surface area contributed by atoms with Gasteiger partial charge in [0.2, 0.25) is 0 Å². The molecule has 1 aromatic heterocycles. The standard InChI is InChI=1S/C17H19Cl2NO2/c18-13-1-2-15(19)20-14(13)9-22-16(21)17-6-10-3-11(7-17)5-12(4-10)8-17/h1-2,10-12H,3-9H2. The Hall–Kier alpha value is -0.800. The molecule has 4 saturated carbocycles. The maximum absolute atomic E-state index is 12.7. The predicted molar refractivity (Wildman–Crippen MR) is 84.7 cm³/mol. The fourth-order valence-corrected chi connectivity index (χ4v) is 5.53. The van der Waals surface area contributed by atoms with Crippen LogP contribution in [0, 0.1) is 23.2 Å². The minimum absolute atomic E-state index is 0.0514. The molecule has 4 fully saturated rings. The summed E-state index contributed by atoms with van der Waals surface area (Å²) < 4.78 is 5.60. The van der Waals surface area contributed by atoms with Gasteiger partial charge in [0, 0.05) is 0 Å². The molecular weight excluding hydrogens is 321 g/mol. The molecule has 0 radical (unpaired) electrons. The van der Waals surface area contributed by atoms with E-state index >= 15 is 0 Å². The molecule has 5 rings (SSSR count). The third-order valence-electron chi connectivity index (χ3n) is 5.70. The van der Waals surface area contributed by atoms with E-state index in [1.54, 1.807) is 12.1 Å². The van der Waals surface area contributed by atoms with Crippen molar-refractivity contribution in [2.45, 2.75) is 45.1 Å². The highest BCUT2D eigenvalue weighted by Gasteiger charge is 2.55. The second kappa shape index (κ2) is 5.38. The molecule has 1 aromatic rings. The normalized spacial score (nSPS) is 35.6. The van der Waals surface area contributed by atoms with Gasteiger partial charge in [0.25, 0.3) is 0 Å². The first-order valence-electron chi connectivity index (χ1n) is 8.02. The molecule has 0 N–H and O–H groups in total. The van der Waals surface area contributed by atoms with Crippen molar-refractivity contribution in [3.8, 4) is 0 Å². The summed E-state index contributed by atoms with van der Waals surface area (Å²) >= 11 is 12.0. The first kappa shape index (κ1) is 14.8. The number of rotatable bonds is 3. The summed E-state index contributed by atoms with van der Waals surface area (Å²) in [6.45, 7) is 0.111. The summed E-state index contributed by atoms with van der Waals surface area (Å²) in [6.07, 6.45) is 6.97. The molecule has 4 aliphatic carbocycles. The van der Waals surface area contributed by atoms with Gasteiger partial charge in [-0.05, 0) is 68.4 Å². The van der Waals surface area contributed by atoms with Gasteiger partial charge in [0.1, 0.15) is 11.8 Å². The minimum Gasteiger partial charge on any atom is -0.459 e. The number of hydrogen-bond acceptors (Lipinski definition) is 3. The lowest BCUT2D eigenvalue weighted by Crippen LogP contribution is -2.50. The predicted octanol–water partition coefficient (Wildman–Crippen LogP) is 4.65. The van der Waals surface area contributed by atoms with Crippen LogP contribution in [-0.4, -0.2) is 11.0 Å². The number of hydrogen-bond donors (Lipinski definition) is 0. The highest BCUT2D eigenvalue weighted by atomic mass is 35.5. The molecule has 0 aliphatic heterocycles. The zero-order valence-corrected chi connectivity index (χ0v) is 13.9. The third kappa shape index (κ3) is 2.52. The van der Waals surface area contributed by atoms with Gasteiger partial charge >= 0.3 is 5.97 Å². The van der Waals surface area contributed by atoms with Crippen molar-refractivity contribution in [2.24, 2.45) is 23.2 Å². The number of esters is 1. The van der Waals surface area contributed by atoms with Gasteiger partial charge in [-0.1, -0.05) is 23.2 Å². The summed E-state index contributed by atoms with van der Waals surface area (Å²) in [6, 6.07) is 3.32. The zero-order chi connectivity index (χ0) is 15.3. The number of aromatic nitrogens is 1. The van der Waals surface area contributed by atoms with E-state index in [1.807, 2.05) is 0 Å². The molecule has 0 amide bonds. The fraction of sp³-hybridized carbons (Fsp3) is 0.647. The molecule has 0 saturated heterocycles. The summed E-state index contributed by atoms with van der Waals surface area (Å²) in [4.78, 5) is 16.9. The Morgan fingerprint density at radius 2 is 1.73 bits per heavy atom. The van der Waals surface area contributed by atoms with Crippen molar-refractivity contribution in [1.82, 2.24) is 4.98 Å². The van der Waals surface area contributed by atoms with Crippen molar-refractivity contribution in [2.75, 3.05) is 0 Å². The Kier molecular flexibility index (Phi) is 3.61. The monoisotopic (exact) mass is 339 g/mol. The van der Waals surface area contributed by atoms with Crippen LogP contribution < -0.4 is 0 Å². The van der Waals surface area contributed by atoms with E-state index in [9.17, 15) is 4.79 Å². The number of nitrogens with zero attached hydrogens (tertiary/aromatic N) is 1. The quantitative estimate of drug-likeness (QED) is 0.594.